The number of hydrogen-bond donors (Lipinski definition) is 2. The zero-order chi connectivity index (χ0) is 11.1. The third kappa shape index (κ3) is 7.25. The van der Waals surface area contributed by atoms with Crippen molar-refractivity contribution in [1.82, 2.24) is 5.32 Å². The van der Waals surface area contributed by atoms with Gasteiger partial charge in [0.15, 0.2) is 0 Å². The Morgan fingerprint density at radius 3 is 2.67 bits per heavy atom. The van der Waals surface area contributed by atoms with Gasteiger partial charge in [0.1, 0.15) is 0 Å². The highest BCUT2D eigenvalue weighted by Gasteiger charge is 2.19. The average Bonchev–Trinajstić information content (AvgIpc) is 2.95. The van der Waals surface area contributed by atoms with Gasteiger partial charge in [-0.15, -0.1) is 11.8 Å². The maximum absolute atomic E-state index is 11.2. The van der Waals surface area contributed by atoms with Crippen LogP contribution in [0.1, 0.15) is 25.7 Å². The molecule has 1 rings (SSSR count). The van der Waals surface area contributed by atoms with Crippen LogP contribution in [0.15, 0.2) is 0 Å². The maximum atomic E-state index is 11.2. The van der Waals surface area contributed by atoms with Gasteiger partial charge in [0, 0.05) is 6.54 Å². The summed E-state index contributed by atoms with van der Waals surface area (Å²) in [4.78, 5) is 21.3. The van der Waals surface area contributed by atoms with Gasteiger partial charge in [-0.1, -0.05) is 12.8 Å². The monoisotopic (exact) mass is 231 g/mol. The second-order valence-corrected chi connectivity index (χ2v) is 4.81. The van der Waals surface area contributed by atoms with E-state index in [4.69, 9.17) is 5.11 Å². The molecule has 0 radical (unpaired) electrons. The van der Waals surface area contributed by atoms with Crippen LogP contribution in [-0.2, 0) is 9.59 Å². The molecule has 0 saturated heterocycles. The molecule has 5 heteroatoms. The number of rotatable bonds is 8. The van der Waals surface area contributed by atoms with Gasteiger partial charge in [0.05, 0.1) is 11.5 Å². The number of nitrogens with one attached hydrogen (secondary N) is 1. The van der Waals surface area contributed by atoms with Crippen molar-refractivity contribution in [2.75, 3.05) is 18.1 Å². The van der Waals surface area contributed by atoms with E-state index >= 15 is 0 Å². The molecule has 0 heterocycles. The van der Waals surface area contributed by atoms with E-state index in [1.807, 2.05) is 0 Å². The first-order valence-electron chi connectivity index (χ1n) is 5.24. The number of aliphatic carboxylic acids is 1. The van der Waals surface area contributed by atoms with Crippen molar-refractivity contribution in [2.45, 2.75) is 25.7 Å². The highest BCUT2D eigenvalue weighted by Crippen LogP contribution is 2.33. The molecule has 0 aromatic heterocycles. The van der Waals surface area contributed by atoms with Crippen LogP contribution in [-0.4, -0.2) is 35.0 Å². The summed E-state index contributed by atoms with van der Waals surface area (Å²) in [5.74, 6) is 0.215. The molecule has 0 aromatic rings. The lowest BCUT2D eigenvalue weighted by Crippen LogP contribution is -2.26. The van der Waals surface area contributed by atoms with Crippen LogP contribution in [0.25, 0.3) is 0 Å². The minimum Gasteiger partial charge on any atom is -0.481 e. The van der Waals surface area contributed by atoms with Crippen molar-refractivity contribution in [1.29, 1.82) is 0 Å². The van der Waals surface area contributed by atoms with Gasteiger partial charge in [-0.3, -0.25) is 9.59 Å². The summed E-state index contributed by atoms with van der Waals surface area (Å²) >= 11 is 1.13. The van der Waals surface area contributed by atoms with E-state index in [0.29, 0.717) is 0 Å². The van der Waals surface area contributed by atoms with Gasteiger partial charge in [-0.2, -0.15) is 0 Å². The second-order valence-electron chi connectivity index (χ2n) is 3.82. The number of hydrogen-bond acceptors (Lipinski definition) is 3. The van der Waals surface area contributed by atoms with Gasteiger partial charge < -0.3 is 10.4 Å². The standard InChI is InChI=1S/C10H17NO3S/c12-9(6-15-7-10(13)14)11-5-1-2-8-3-4-8/h8H,1-7H2,(H,11,12)(H,13,14). The van der Waals surface area contributed by atoms with Gasteiger partial charge in [0.2, 0.25) is 5.91 Å². The maximum Gasteiger partial charge on any atom is 0.313 e. The molecule has 0 atom stereocenters. The number of amides is 1. The fourth-order valence-corrected chi connectivity index (χ4v) is 1.87. The molecule has 1 aliphatic rings. The molecule has 0 unspecified atom stereocenters. The minimum absolute atomic E-state index is 0.00447. The highest BCUT2D eigenvalue weighted by molar-refractivity contribution is 8.00. The number of thioether (sulfide) groups is 1. The lowest BCUT2D eigenvalue weighted by molar-refractivity contribution is -0.133. The Morgan fingerprint density at radius 1 is 1.33 bits per heavy atom. The first kappa shape index (κ1) is 12.4. The van der Waals surface area contributed by atoms with Crippen molar-refractivity contribution >= 4 is 23.6 Å². The van der Waals surface area contributed by atoms with Crippen LogP contribution >= 0.6 is 11.8 Å². The largest absolute Gasteiger partial charge is 0.481 e. The Morgan fingerprint density at radius 2 is 2.07 bits per heavy atom. The second kappa shape index (κ2) is 6.71. The van der Waals surface area contributed by atoms with Crippen molar-refractivity contribution in [3.8, 4) is 0 Å². The summed E-state index contributed by atoms with van der Waals surface area (Å²) < 4.78 is 0. The Labute approximate surface area is 93.8 Å². The van der Waals surface area contributed by atoms with Gasteiger partial charge in [-0.25, -0.2) is 0 Å². The van der Waals surface area contributed by atoms with E-state index in [2.05, 4.69) is 5.32 Å². The quantitative estimate of drug-likeness (QED) is 0.614. The predicted octanol–water partition coefficient (Wildman–Crippen LogP) is 1.11. The lowest BCUT2D eigenvalue weighted by Gasteiger charge is -2.03. The first-order chi connectivity index (χ1) is 7.18. The average molecular weight is 231 g/mol. The van der Waals surface area contributed by atoms with Crippen LogP contribution in [0.5, 0.6) is 0 Å². The zero-order valence-electron chi connectivity index (χ0n) is 8.70. The van der Waals surface area contributed by atoms with E-state index in [1.165, 1.54) is 19.3 Å². The summed E-state index contributed by atoms with van der Waals surface area (Å²) in [6.07, 6.45) is 4.95. The molecule has 15 heavy (non-hydrogen) atoms. The molecule has 2 N–H and O–H groups in total. The number of carboxylic acid groups (broad SMARTS) is 1. The molecule has 0 bridgehead atoms. The van der Waals surface area contributed by atoms with Gasteiger partial charge in [-0.05, 0) is 18.8 Å². The molecular formula is C10H17NO3S. The summed E-state index contributed by atoms with van der Waals surface area (Å²) in [6, 6.07) is 0. The molecule has 1 fully saturated rings. The van der Waals surface area contributed by atoms with Gasteiger partial charge in [0.25, 0.3) is 0 Å². The molecule has 0 aromatic carbocycles. The van der Waals surface area contributed by atoms with Crippen molar-refractivity contribution in [3.05, 3.63) is 0 Å². The summed E-state index contributed by atoms with van der Waals surface area (Å²) in [5, 5.41) is 11.1. The predicted molar refractivity (Wildman–Crippen MR) is 59.9 cm³/mol. The fraction of sp³-hybridized carbons (Fsp3) is 0.800. The van der Waals surface area contributed by atoms with Crippen LogP contribution in [0, 0.1) is 5.92 Å². The molecule has 1 aliphatic carbocycles. The molecular weight excluding hydrogens is 214 g/mol. The van der Waals surface area contributed by atoms with E-state index in [1.54, 1.807) is 0 Å². The lowest BCUT2D eigenvalue weighted by atomic mass is 10.2. The molecule has 86 valence electrons. The van der Waals surface area contributed by atoms with Crippen LogP contribution in [0.2, 0.25) is 0 Å². The minimum atomic E-state index is -0.874. The normalized spacial score (nSPS) is 14.9. The van der Waals surface area contributed by atoms with Crippen molar-refractivity contribution in [2.24, 2.45) is 5.92 Å². The Hall–Kier alpha value is -0.710. The summed E-state index contributed by atoms with van der Waals surface area (Å²) in [7, 11) is 0. The molecule has 1 saturated carbocycles. The first-order valence-corrected chi connectivity index (χ1v) is 6.40. The molecule has 0 spiro atoms. The summed E-state index contributed by atoms with van der Waals surface area (Å²) in [5.41, 5.74) is 0. The van der Waals surface area contributed by atoms with Crippen molar-refractivity contribution in [3.63, 3.8) is 0 Å². The Kier molecular flexibility index (Phi) is 5.53. The Bertz CT molecular complexity index is 229. The molecule has 1 amide bonds. The van der Waals surface area contributed by atoms with Gasteiger partial charge >= 0.3 is 5.97 Å². The Balaban J connectivity index is 1.86. The number of carboxylic acids is 1. The van der Waals surface area contributed by atoms with Crippen LogP contribution < -0.4 is 5.32 Å². The zero-order valence-corrected chi connectivity index (χ0v) is 9.52. The number of carbonyl (C=O) groups is 2. The van der Waals surface area contributed by atoms with Crippen molar-refractivity contribution < 1.29 is 14.7 Å². The van der Waals surface area contributed by atoms with E-state index in [-0.39, 0.29) is 17.4 Å². The number of carbonyl (C=O) groups excluding carboxylic acids is 1. The third-order valence-electron chi connectivity index (χ3n) is 2.27. The topological polar surface area (TPSA) is 66.4 Å². The highest BCUT2D eigenvalue weighted by atomic mass is 32.2. The third-order valence-corrected chi connectivity index (χ3v) is 3.18. The van der Waals surface area contributed by atoms with E-state index < -0.39 is 5.97 Å². The fourth-order valence-electron chi connectivity index (χ4n) is 1.31. The van der Waals surface area contributed by atoms with Crippen LogP contribution in [0.3, 0.4) is 0 Å². The smallest absolute Gasteiger partial charge is 0.313 e. The SMILES string of the molecule is O=C(O)CSCC(=O)NCCCC1CC1. The van der Waals surface area contributed by atoms with E-state index in [0.717, 1.165) is 30.6 Å². The molecule has 0 aliphatic heterocycles. The summed E-state index contributed by atoms with van der Waals surface area (Å²) in [6.45, 7) is 0.725. The van der Waals surface area contributed by atoms with E-state index in [9.17, 15) is 9.59 Å². The molecule has 4 nitrogen and oxygen atoms in total. The van der Waals surface area contributed by atoms with Crippen LogP contribution in [0.4, 0.5) is 0 Å².